The monoisotopic (exact) mass is 320 g/mol. The van der Waals surface area contributed by atoms with Crippen molar-refractivity contribution < 1.29 is 4.79 Å². The van der Waals surface area contributed by atoms with Crippen molar-refractivity contribution >= 4 is 5.91 Å². The Hall–Kier alpha value is -1.58. The molecule has 0 fully saturated rings. The van der Waals surface area contributed by atoms with Gasteiger partial charge in [-0.2, -0.15) is 0 Å². The SMILES string of the molecule is CCCCCCCCCCNC(=O)Cn1c(C)cc(=O)cc1C. The Balaban J connectivity index is 2.17. The van der Waals surface area contributed by atoms with E-state index in [1.54, 1.807) is 12.1 Å². The summed E-state index contributed by atoms with van der Waals surface area (Å²) in [5.74, 6) is 0.0165. The summed E-state index contributed by atoms with van der Waals surface area (Å²) in [4.78, 5) is 23.4. The van der Waals surface area contributed by atoms with Crippen LogP contribution in [0.3, 0.4) is 0 Å². The Morgan fingerprint density at radius 3 is 2.04 bits per heavy atom. The lowest BCUT2D eigenvalue weighted by Gasteiger charge is -2.14. The minimum Gasteiger partial charge on any atom is -0.355 e. The van der Waals surface area contributed by atoms with Crippen LogP contribution in [-0.2, 0) is 11.3 Å². The average Bonchev–Trinajstić information content (AvgIpc) is 2.49. The number of rotatable bonds is 11. The molecule has 4 heteroatoms. The van der Waals surface area contributed by atoms with Crippen molar-refractivity contribution in [1.82, 2.24) is 9.88 Å². The second-order valence-electron chi connectivity index (χ2n) is 6.38. The molecule has 1 aromatic rings. The third-order valence-electron chi connectivity index (χ3n) is 4.21. The molecular formula is C19H32N2O2. The first-order valence-electron chi connectivity index (χ1n) is 8.99. The molecule has 1 rings (SSSR count). The number of amides is 1. The van der Waals surface area contributed by atoms with Crippen molar-refractivity contribution in [3.8, 4) is 0 Å². The van der Waals surface area contributed by atoms with E-state index in [4.69, 9.17) is 0 Å². The third-order valence-corrected chi connectivity index (χ3v) is 4.21. The fourth-order valence-corrected chi connectivity index (χ4v) is 2.82. The zero-order valence-electron chi connectivity index (χ0n) is 15.0. The van der Waals surface area contributed by atoms with Crippen molar-refractivity contribution in [3.05, 3.63) is 33.7 Å². The Labute approximate surface area is 140 Å². The maximum atomic E-state index is 12.0. The summed E-state index contributed by atoms with van der Waals surface area (Å²) in [5, 5.41) is 2.97. The molecule has 0 aromatic carbocycles. The van der Waals surface area contributed by atoms with Crippen molar-refractivity contribution in [2.24, 2.45) is 0 Å². The van der Waals surface area contributed by atoms with Crippen molar-refractivity contribution in [3.63, 3.8) is 0 Å². The smallest absolute Gasteiger partial charge is 0.239 e. The lowest BCUT2D eigenvalue weighted by molar-refractivity contribution is -0.121. The molecule has 0 unspecified atom stereocenters. The van der Waals surface area contributed by atoms with Crippen molar-refractivity contribution in [2.75, 3.05) is 6.54 Å². The molecule has 0 spiro atoms. The van der Waals surface area contributed by atoms with E-state index in [2.05, 4.69) is 12.2 Å². The lowest BCUT2D eigenvalue weighted by atomic mass is 10.1. The van der Waals surface area contributed by atoms with E-state index < -0.39 is 0 Å². The molecule has 4 nitrogen and oxygen atoms in total. The molecule has 0 aliphatic carbocycles. The second-order valence-corrected chi connectivity index (χ2v) is 6.38. The molecule has 0 saturated heterocycles. The van der Waals surface area contributed by atoms with Gasteiger partial charge in [-0.05, 0) is 20.3 Å². The fraction of sp³-hybridized carbons (Fsp3) is 0.684. The quantitative estimate of drug-likeness (QED) is 0.632. The summed E-state index contributed by atoms with van der Waals surface area (Å²) >= 11 is 0. The number of aryl methyl sites for hydroxylation is 2. The molecule has 0 bridgehead atoms. The van der Waals surface area contributed by atoms with Gasteiger partial charge in [-0.25, -0.2) is 0 Å². The highest BCUT2D eigenvalue weighted by atomic mass is 16.2. The topological polar surface area (TPSA) is 51.1 Å². The molecule has 130 valence electrons. The first kappa shape index (κ1) is 19.5. The van der Waals surface area contributed by atoms with Crippen LogP contribution in [0.4, 0.5) is 0 Å². The van der Waals surface area contributed by atoms with Crippen LogP contribution >= 0.6 is 0 Å². The van der Waals surface area contributed by atoms with Crippen LogP contribution < -0.4 is 10.7 Å². The highest BCUT2D eigenvalue weighted by molar-refractivity contribution is 5.75. The Morgan fingerprint density at radius 1 is 0.957 bits per heavy atom. The van der Waals surface area contributed by atoms with Gasteiger partial charge in [-0.1, -0.05) is 51.9 Å². The predicted octanol–water partition coefficient (Wildman–Crippen LogP) is 3.72. The summed E-state index contributed by atoms with van der Waals surface area (Å²) in [6.45, 7) is 6.99. The minimum absolute atomic E-state index is 0.00408. The van der Waals surface area contributed by atoms with Crippen LogP contribution in [0.25, 0.3) is 0 Å². The summed E-state index contributed by atoms with van der Waals surface area (Å²) in [6, 6.07) is 3.14. The Kier molecular flexibility index (Phi) is 9.34. The second kappa shape index (κ2) is 11.0. The number of pyridine rings is 1. The summed E-state index contributed by atoms with van der Waals surface area (Å²) < 4.78 is 1.88. The Morgan fingerprint density at radius 2 is 1.48 bits per heavy atom. The van der Waals surface area contributed by atoms with E-state index in [0.29, 0.717) is 0 Å². The molecule has 1 amide bonds. The van der Waals surface area contributed by atoms with E-state index in [1.807, 2.05) is 18.4 Å². The van der Waals surface area contributed by atoms with E-state index >= 15 is 0 Å². The maximum Gasteiger partial charge on any atom is 0.239 e. The van der Waals surface area contributed by atoms with Crippen molar-refractivity contribution in [1.29, 1.82) is 0 Å². The van der Waals surface area contributed by atoms with Gasteiger partial charge in [0.25, 0.3) is 0 Å². The van der Waals surface area contributed by atoms with Crippen LogP contribution in [-0.4, -0.2) is 17.0 Å². The number of unbranched alkanes of at least 4 members (excludes halogenated alkanes) is 7. The molecule has 0 aliphatic heterocycles. The van der Waals surface area contributed by atoms with Gasteiger partial charge in [0.15, 0.2) is 5.43 Å². The maximum absolute atomic E-state index is 12.0. The molecule has 0 radical (unpaired) electrons. The van der Waals surface area contributed by atoms with Gasteiger partial charge in [-0.15, -0.1) is 0 Å². The highest BCUT2D eigenvalue weighted by Gasteiger charge is 2.06. The minimum atomic E-state index is -0.00408. The molecule has 23 heavy (non-hydrogen) atoms. The number of carbonyl (C=O) groups is 1. The molecule has 1 aromatic heterocycles. The van der Waals surface area contributed by atoms with Crippen LogP contribution in [0.5, 0.6) is 0 Å². The van der Waals surface area contributed by atoms with Crippen LogP contribution in [0.15, 0.2) is 16.9 Å². The van der Waals surface area contributed by atoms with E-state index in [1.165, 1.54) is 44.9 Å². The zero-order chi connectivity index (χ0) is 17.1. The van der Waals surface area contributed by atoms with Gasteiger partial charge in [-0.3, -0.25) is 9.59 Å². The highest BCUT2D eigenvalue weighted by Crippen LogP contribution is 2.08. The average molecular weight is 320 g/mol. The van der Waals surface area contributed by atoms with E-state index in [0.717, 1.165) is 24.4 Å². The zero-order valence-corrected chi connectivity index (χ0v) is 15.0. The molecule has 1 N–H and O–H groups in total. The first-order chi connectivity index (χ1) is 11.0. The lowest BCUT2D eigenvalue weighted by Crippen LogP contribution is -2.30. The van der Waals surface area contributed by atoms with Gasteiger partial charge in [0.2, 0.25) is 5.91 Å². The van der Waals surface area contributed by atoms with Crippen LogP contribution in [0, 0.1) is 13.8 Å². The van der Waals surface area contributed by atoms with Gasteiger partial charge in [0.1, 0.15) is 6.54 Å². The Bertz CT molecular complexity index is 508. The van der Waals surface area contributed by atoms with Gasteiger partial charge in [0, 0.05) is 30.1 Å². The van der Waals surface area contributed by atoms with Gasteiger partial charge >= 0.3 is 0 Å². The molecule has 1 heterocycles. The largest absolute Gasteiger partial charge is 0.355 e. The molecular weight excluding hydrogens is 288 g/mol. The fourth-order valence-electron chi connectivity index (χ4n) is 2.82. The van der Waals surface area contributed by atoms with E-state index in [9.17, 15) is 9.59 Å². The van der Waals surface area contributed by atoms with E-state index in [-0.39, 0.29) is 17.9 Å². The number of nitrogens with one attached hydrogen (secondary N) is 1. The molecule has 0 aliphatic rings. The normalized spacial score (nSPS) is 10.7. The third kappa shape index (κ3) is 8.00. The summed E-state index contributed by atoms with van der Waals surface area (Å²) in [5.41, 5.74) is 1.66. The molecule has 0 atom stereocenters. The number of carbonyl (C=O) groups excluding carboxylic acids is 1. The standard InChI is InChI=1S/C19H32N2O2/c1-4-5-6-7-8-9-10-11-12-20-19(23)15-21-16(2)13-18(22)14-17(21)3/h13-14H,4-12,15H2,1-3H3,(H,20,23). The van der Waals surface area contributed by atoms with Gasteiger partial charge < -0.3 is 9.88 Å². The first-order valence-corrected chi connectivity index (χ1v) is 8.99. The summed E-state index contributed by atoms with van der Waals surface area (Å²) in [6.07, 6.45) is 10.1. The van der Waals surface area contributed by atoms with Crippen LogP contribution in [0.1, 0.15) is 69.7 Å². The number of aromatic nitrogens is 1. The molecule has 0 saturated carbocycles. The number of nitrogens with zero attached hydrogens (tertiary/aromatic N) is 1. The van der Waals surface area contributed by atoms with Gasteiger partial charge in [0.05, 0.1) is 0 Å². The number of hydrogen-bond donors (Lipinski definition) is 1. The van der Waals surface area contributed by atoms with Crippen molar-refractivity contribution in [2.45, 2.75) is 78.7 Å². The van der Waals surface area contributed by atoms with Crippen LogP contribution in [0.2, 0.25) is 0 Å². The predicted molar refractivity (Wildman–Crippen MR) is 95.8 cm³/mol. The number of hydrogen-bond acceptors (Lipinski definition) is 2. The summed E-state index contributed by atoms with van der Waals surface area (Å²) in [7, 11) is 0.